The van der Waals surface area contributed by atoms with E-state index in [4.69, 9.17) is 14.2 Å². The molecule has 0 radical (unpaired) electrons. The zero-order chi connectivity index (χ0) is 19.9. The number of methoxy groups -OCH3 is 3. The molecule has 0 unspecified atom stereocenters. The van der Waals surface area contributed by atoms with Crippen molar-refractivity contribution in [3.05, 3.63) is 53.6 Å². The van der Waals surface area contributed by atoms with Gasteiger partial charge in [-0.1, -0.05) is 18.2 Å². The monoisotopic (exact) mass is 384 g/mol. The number of nitrogens with one attached hydrogen (secondary N) is 1. The second-order valence-corrected chi connectivity index (χ2v) is 6.82. The number of para-hydroxylation sites is 1. The molecule has 0 aliphatic carbocycles. The van der Waals surface area contributed by atoms with Gasteiger partial charge < -0.3 is 19.5 Å². The summed E-state index contributed by atoms with van der Waals surface area (Å²) in [5, 5.41) is 3.01. The Kier molecular flexibility index (Phi) is 6.76. The predicted octanol–water partition coefficient (Wildman–Crippen LogP) is 3.17. The first-order chi connectivity index (χ1) is 13.7. The van der Waals surface area contributed by atoms with Crippen LogP contribution in [0.5, 0.6) is 17.2 Å². The Morgan fingerprint density at radius 2 is 1.86 bits per heavy atom. The number of likely N-dealkylation sites (tertiary alicyclic amines) is 1. The average molecular weight is 384 g/mol. The highest BCUT2D eigenvalue weighted by Gasteiger charge is 2.30. The summed E-state index contributed by atoms with van der Waals surface area (Å²) in [7, 11) is 4.96. The molecule has 1 saturated heterocycles. The van der Waals surface area contributed by atoms with Crippen molar-refractivity contribution in [3.8, 4) is 17.2 Å². The lowest BCUT2D eigenvalue weighted by Crippen LogP contribution is -2.36. The van der Waals surface area contributed by atoms with Gasteiger partial charge in [0.25, 0.3) is 0 Å². The molecule has 6 nitrogen and oxygen atoms in total. The number of amides is 1. The average Bonchev–Trinajstić information content (AvgIpc) is 3.19. The highest BCUT2D eigenvalue weighted by molar-refractivity contribution is 5.78. The van der Waals surface area contributed by atoms with Gasteiger partial charge in [-0.05, 0) is 43.7 Å². The molecule has 1 amide bonds. The Hall–Kier alpha value is -2.73. The van der Waals surface area contributed by atoms with Crippen molar-refractivity contribution >= 4 is 5.91 Å². The molecule has 1 heterocycles. The van der Waals surface area contributed by atoms with E-state index < -0.39 is 0 Å². The molecule has 3 rings (SSSR count). The van der Waals surface area contributed by atoms with Crippen LogP contribution in [-0.4, -0.2) is 45.2 Å². The summed E-state index contributed by atoms with van der Waals surface area (Å²) in [5.41, 5.74) is 2.03. The predicted molar refractivity (Wildman–Crippen MR) is 108 cm³/mol. The first-order valence-corrected chi connectivity index (χ1v) is 9.50. The van der Waals surface area contributed by atoms with Crippen LogP contribution in [-0.2, 0) is 11.3 Å². The lowest BCUT2D eigenvalue weighted by Gasteiger charge is -2.26. The third-order valence-corrected chi connectivity index (χ3v) is 5.17. The van der Waals surface area contributed by atoms with E-state index in [9.17, 15) is 4.79 Å². The van der Waals surface area contributed by atoms with Crippen molar-refractivity contribution in [2.45, 2.75) is 25.4 Å². The maximum absolute atomic E-state index is 12.6. The van der Waals surface area contributed by atoms with Crippen LogP contribution in [0.15, 0.2) is 42.5 Å². The van der Waals surface area contributed by atoms with E-state index in [1.807, 2.05) is 42.5 Å². The van der Waals surface area contributed by atoms with Crippen LogP contribution in [0.25, 0.3) is 0 Å². The molecule has 1 N–H and O–H groups in total. The van der Waals surface area contributed by atoms with Crippen LogP contribution in [0, 0.1) is 0 Å². The van der Waals surface area contributed by atoms with Gasteiger partial charge in [0.05, 0.1) is 27.9 Å². The molecule has 0 spiro atoms. The fraction of sp³-hybridized carbons (Fsp3) is 0.409. The molecule has 0 bridgehead atoms. The van der Waals surface area contributed by atoms with Crippen LogP contribution in [0.4, 0.5) is 0 Å². The Bertz CT molecular complexity index is 809. The number of carbonyl (C=O) groups is 1. The topological polar surface area (TPSA) is 60.0 Å². The number of carbonyl (C=O) groups excluding carboxylic acids is 1. The number of hydrogen-bond donors (Lipinski definition) is 1. The van der Waals surface area contributed by atoms with Crippen LogP contribution in [0.1, 0.15) is 30.0 Å². The maximum Gasteiger partial charge on any atom is 0.234 e. The number of nitrogens with zero attached hydrogens (tertiary/aromatic N) is 1. The Labute approximate surface area is 166 Å². The molecular formula is C22H28N2O4. The quantitative estimate of drug-likeness (QED) is 0.758. The highest BCUT2D eigenvalue weighted by Crippen LogP contribution is 2.38. The Morgan fingerprint density at radius 1 is 1.07 bits per heavy atom. The van der Waals surface area contributed by atoms with Gasteiger partial charge in [0.15, 0.2) is 0 Å². The molecule has 6 heteroatoms. The van der Waals surface area contributed by atoms with Crippen molar-refractivity contribution in [2.75, 3.05) is 34.4 Å². The number of rotatable bonds is 8. The van der Waals surface area contributed by atoms with Crippen LogP contribution in [0.3, 0.4) is 0 Å². The number of benzene rings is 2. The molecule has 1 atom stereocenters. The summed E-state index contributed by atoms with van der Waals surface area (Å²) in [5.74, 6) is 2.40. The van der Waals surface area contributed by atoms with Crippen molar-refractivity contribution in [3.63, 3.8) is 0 Å². The van der Waals surface area contributed by atoms with Gasteiger partial charge >= 0.3 is 0 Å². The smallest absolute Gasteiger partial charge is 0.234 e. The Balaban J connectivity index is 1.66. The summed E-state index contributed by atoms with van der Waals surface area (Å²) < 4.78 is 16.3. The minimum absolute atomic E-state index is 0.000306. The van der Waals surface area contributed by atoms with Gasteiger partial charge in [0, 0.05) is 23.7 Å². The van der Waals surface area contributed by atoms with Crippen molar-refractivity contribution in [2.24, 2.45) is 0 Å². The van der Waals surface area contributed by atoms with Gasteiger partial charge in [-0.3, -0.25) is 9.69 Å². The van der Waals surface area contributed by atoms with Gasteiger partial charge in [-0.2, -0.15) is 0 Å². The molecule has 2 aromatic rings. The van der Waals surface area contributed by atoms with Crippen molar-refractivity contribution in [1.82, 2.24) is 10.2 Å². The van der Waals surface area contributed by atoms with E-state index in [0.29, 0.717) is 13.1 Å². The van der Waals surface area contributed by atoms with Crippen molar-refractivity contribution < 1.29 is 19.0 Å². The molecule has 150 valence electrons. The van der Waals surface area contributed by atoms with Crippen LogP contribution >= 0.6 is 0 Å². The SMILES string of the molecule is COc1ccc(OC)c([C@@H]2CCCN2CC(=O)NCc2ccccc2OC)c1. The number of ether oxygens (including phenoxy) is 3. The molecule has 0 saturated carbocycles. The lowest BCUT2D eigenvalue weighted by molar-refractivity contribution is -0.122. The van der Waals surface area contributed by atoms with Crippen LogP contribution < -0.4 is 19.5 Å². The summed E-state index contributed by atoms with van der Waals surface area (Å²) >= 11 is 0. The van der Waals surface area contributed by atoms with Gasteiger partial charge in [0.2, 0.25) is 5.91 Å². The summed E-state index contributed by atoms with van der Waals surface area (Å²) in [4.78, 5) is 14.8. The third-order valence-electron chi connectivity index (χ3n) is 5.17. The molecule has 1 aliphatic heterocycles. The van der Waals surface area contributed by atoms with E-state index in [-0.39, 0.29) is 11.9 Å². The molecule has 2 aromatic carbocycles. The van der Waals surface area contributed by atoms with E-state index in [1.54, 1.807) is 21.3 Å². The normalized spacial score (nSPS) is 16.6. The molecular weight excluding hydrogens is 356 g/mol. The minimum atomic E-state index is -0.000306. The standard InChI is InChI=1S/C22H28N2O4/c1-26-17-10-11-21(28-3)18(13-17)19-8-6-12-24(19)15-22(25)23-14-16-7-4-5-9-20(16)27-2/h4-5,7,9-11,13,19H,6,8,12,14-15H2,1-3H3,(H,23,25)/t19-/m0/s1. The lowest BCUT2D eigenvalue weighted by atomic mass is 10.0. The van der Waals surface area contributed by atoms with E-state index in [2.05, 4.69) is 10.2 Å². The third kappa shape index (κ3) is 4.57. The van der Waals surface area contributed by atoms with Crippen LogP contribution in [0.2, 0.25) is 0 Å². The van der Waals surface area contributed by atoms with Crippen molar-refractivity contribution in [1.29, 1.82) is 0 Å². The maximum atomic E-state index is 12.6. The molecule has 1 aliphatic rings. The fourth-order valence-corrected chi connectivity index (χ4v) is 3.75. The summed E-state index contributed by atoms with van der Waals surface area (Å²) in [6, 6.07) is 13.7. The minimum Gasteiger partial charge on any atom is -0.497 e. The first kappa shape index (κ1) is 20.0. The molecule has 1 fully saturated rings. The first-order valence-electron chi connectivity index (χ1n) is 9.50. The van der Waals surface area contributed by atoms with Gasteiger partial charge in [0.1, 0.15) is 17.2 Å². The van der Waals surface area contributed by atoms with E-state index >= 15 is 0 Å². The van der Waals surface area contributed by atoms with E-state index in [0.717, 1.165) is 47.8 Å². The zero-order valence-electron chi connectivity index (χ0n) is 16.7. The summed E-state index contributed by atoms with van der Waals surface area (Å²) in [6.07, 6.45) is 2.04. The number of hydrogen-bond acceptors (Lipinski definition) is 5. The fourth-order valence-electron chi connectivity index (χ4n) is 3.75. The highest BCUT2D eigenvalue weighted by atomic mass is 16.5. The largest absolute Gasteiger partial charge is 0.497 e. The molecule has 28 heavy (non-hydrogen) atoms. The molecule has 0 aromatic heterocycles. The summed E-state index contributed by atoms with van der Waals surface area (Å²) in [6.45, 7) is 1.68. The zero-order valence-corrected chi connectivity index (χ0v) is 16.7. The Morgan fingerprint density at radius 3 is 2.61 bits per heavy atom. The van der Waals surface area contributed by atoms with E-state index in [1.165, 1.54) is 0 Å². The van der Waals surface area contributed by atoms with Gasteiger partial charge in [-0.25, -0.2) is 0 Å². The van der Waals surface area contributed by atoms with Gasteiger partial charge in [-0.15, -0.1) is 0 Å². The second-order valence-electron chi connectivity index (χ2n) is 6.82. The second kappa shape index (κ2) is 9.46.